The zero-order chi connectivity index (χ0) is 13.5. The highest BCUT2D eigenvalue weighted by molar-refractivity contribution is 9.10. The van der Waals surface area contributed by atoms with Crippen molar-refractivity contribution in [1.29, 1.82) is 0 Å². The van der Waals surface area contributed by atoms with Crippen molar-refractivity contribution < 1.29 is 12.8 Å². The van der Waals surface area contributed by atoms with Crippen LogP contribution < -0.4 is 5.32 Å². The maximum absolute atomic E-state index is 11.3. The number of rotatable bonds is 3. The van der Waals surface area contributed by atoms with Crippen LogP contribution in [0.5, 0.6) is 0 Å². The fourth-order valence-electron chi connectivity index (χ4n) is 2.21. The first-order valence-corrected chi connectivity index (χ1v) is 8.62. The molecule has 0 saturated carbocycles. The lowest BCUT2D eigenvalue weighted by Gasteiger charge is -2.07. The molecule has 1 fully saturated rings. The predicted octanol–water partition coefficient (Wildman–Crippen LogP) is 1.87. The van der Waals surface area contributed by atoms with Gasteiger partial charge in [0.15, 0.2) is 15.4 Å². The first kappa shape index (κ1) is 13.1. The van der Waals surface area contributed by atoms with E-state index in [1.165, 1.54) is 0 Å². The van der Waals surface area contributed by atoms with Crippen LogP contribution in [0.25, 0.3) is 11.1 Å². The molecule has 1 saturated heterocycles. The van der Waals surface area contributed by atoms with Crippen LogP contribution in [0.4, 0.5) is 0 Å². The summed E-state index contributed by atoms with van der Waals surface area (Å²) in [5, 5.41) is 3.18. The van der Waals surface area contributed by atoms with Crippen LogP contribution in [-0.2, 0) is 16.4 Å². The van der Waals surface area contributed by atoms with Crippen molar-refractivity contribution in [2.75, 3.05) is 11.5 Å². The van der Waals surface area contributed by atoms with Gasteiger partial charge in [-0.3, -0.25) is 0 Å². The van der Waals surface area contributed by atoms with Gasteiger partial charge in [-0.15, -0.1) is 0 Å². The molecule has 1 unspecified atom stereocenters. The van der Waals surface area contributed by atoms with Crippen LogP contribution >= 0.6 is 15.9 Å². The van der Waals surface area contributed by atoms with Crippen LogP contribution in [0.1, 0.15) is 12.3 Å². The molecule has 0 aliphatic carbocycles. The molecule has 1 atom stereocenters. The second kappa shape index (κ2) is 4.88. The van der Waals surface area contributed by atoms with E-state index in [4.69, 9.17) is 4.42 Å². The predicted molar refractivity (Wildman–Crippen MR) is 75.6 cm³/mol. The van der Waals surface area contributed by atoms with E-state index in [0.29, 0.717) is 18.9 Å². The summed E-state index contributed by atoms with van der Waals surface area (Å²) < 4.78 is 29.2. The van der Waals surface area contributed by atoms with Gasteiger partial charge in [0.2, 0.25) is 5.89 Å². The molecule has 2 aromatic rings. The number of nitrogens with zero attached hydrogens (tertiary/aromatic N) is 1. The molecule has 0 bridgehead atoms. The summed E-state index contributed by atoms with van der Waals surface area (Å²) in [7, 11) is -2.85. The normalized spacial score (nSPS) is 22.1. The molecule has 102 valence electrons. The van der Waals surface area contributed by atoms with E-state index < -0.39 is 9.84 Å². The summed E-state index contributed by atoms with van der Waals surface area (Å²) in [6, 6.07) is 5.65. The van der Waals surface area contributed by atoms with Crippen LogP contribution in [-0.4, -0.2) is 30.9 Å². The number of benzene rings is 1. The lowest BCUT2D eigenvalue weighted by atomic mass is 10.3. The van der Waals surface area contributed by atoms with Crippen LogP contribution in [0.2, 0.25) is 0 Å². The highest BCUT2D eigenvalue weighted by Gasteiger charge is 2.27. The van der Waals surface area contributed by atoms with Gasteiger partial charge >= 0.3 is 0 Å². The Hall–Kier alpha value is -0.920. The third-order valence-corrected chi connectivity index (χ3v) is 5.43. The minimum Gasteiger partial charge on any atom is -0.439 e. The summed E-state index contributed by atoms with van der Waals surface area (Å²) in [5.41, 5.74) is 1.53. The zero-order valence-corrected chi connectivity index (χ0v) is 12.5. The van der Waals surface area contributed by atoms with Gasteiger partial charge < -0.3 is 9.73 Å². The monoisotopic (exact) mass is 344 g/mol. The number of sulfone groups is 1. The second-order valence-corrected chi connectivity index (χ2v) is 7.84. The summed E-state index contributed by atoms with van der Waals surface area (Å²) in [5.74, 6) is 1.06. The lowest BCUT2D eigenvalue weighted by Crippen LogP contribution is -2.29. The van der Waals surface area contributed by atoms with E-state index in [1.807, 2.05) is 18.2 Å². The highest BCUT2D eigenvalue weighted by atomic mass is 79.9. The lowest BCUT2D eigenvalue weighted by molar-refractivity contribution is 0.463. The molecule has 5 nitrogen and oxygen atoms in total. The van der Waals surface area contributed by atoms with E-state index >= 15 is 0 Å². The first-order chi connectivity index (χ1) is 9.02. The Morgan fingerprint density at radius 3 is 3.05 bits per heavy atom. The van der Waals surface area contributed by atoms with Gasteiger partial charge in [-0.25, -0.2) is 13.4 Å². The third-order valence-electron chi connectivity index (χ3n) is 3.17. The number of nitrogens with one attached hydrogen (secondary N) is 1. The Labute approximate surface area is 119 Å². The van der Waals surface area contributed by atoms with E-state index in [-0.39, 0.29) is 17.5 Å². The zero-order valence-electron chi connectivity index (χ0n) is 10.1. The van der Waals surface area contributed by atoms with Crippen LogP contribution in [0.15, 0.2) is 27.1 Å². The van der Waals surface area contributed by atoms with Crippen molar-refractivity contribution >= 4 is 36.9 Å². The number of hydrogen-bond acceptors (Lipinski definition) is 5. The van der Waals surface area contributed by atoms with Gasteiger partial charge in [0.25, 0.3) is 0 Å². The molecule has 19 heavy (non-hydrogen) atoms. The molecule has 7 heteroatoms. The second-order valence-electron chi connectivity index (χ2n) is 4.70. The Bertz CT molecular complexity index is 711. The summed E-state index contributed by atoms with van der Waals surface area (Å²) in [6.45, 7) is 0.451. The molecule has 2 heterocycles. The van der Waals surface area contributed by atoms with E-state index in [1.54, 1.807) is 0 Å². The average molecular weight is 345 g/mol. The van der Waals surface area contributed by atoms with Gasteiger partial charge in [-0.05, 0) is 24.6 Å². The topological polar surface area (TPSA) is 72.2 Å². The number of halogens is 1. The molecular formula is C12H13BrN2O3S. The Morgan fingerprint density at radius 1 is 1.47 bits per heavy atom. The third kappa shape index (κ3) is 2.98. The average Bonchev–Trinajstić information content (AvgIpc) is 2.89. The molecule has 1 aromatic heterocycles. The summed E-state index contributed by atoms with van der Waals surface area (Å²) >= 11 is 3.38. The quantitative estimate of drug-likeness (QED) is 0.920. The molecule has 1 N–H and O–H groups in total. The van der Waals surface area contributed by atoms with Crippen molar-refractivity contribution in [3.8, 4) is 0 Å². The van der Waals surface area contributed by atoms with Gasteiger partial charge in [0.1, 0.15) is 5.52 Å². The Balaban J connectivity index is 1.69. The maximum atomic E-state index is 11.3. The molecule has 1 aliphatic heterocycles. The molecule has 0 spiro atoms. The van der Waals surface area contributed by atoms with Gasteiger partial charge in [-0.1, -0.05) is 15.9 Å². The molecule has 0 radical (unpaired) electrons. The van der Waals surface area contributed by atoms with E-state index in [2.05, 4.69) is 26.2 Å². The van der Waals surface area contributed by atoms with Crippen LogP contribution in [0.3, 0.4) is 0 Å². The van der Waals surface area contributed by atoms with Gasteiger partial charge in [0, 0.05) is 10.5 Å². The molecule has 3 rings (SSSR count). The minimum atomic E-state index is -2.85. The maximum Gasteiger partial charge on any atom is 0.209 e. The van der Waals surface area contributed by atoms with Crippen molar-refractivity contribution in [1.82, 2.24) is 10.3 Å². The number of oxazole rings is 1. The standard InChI is InChI=1S/C12H13BrN2O3S/c13-8-1-2-11-10(5-8)15-12(18-11)6-14-9-3-4-19(16,17)7-9/h1-2,5,9,14H,3-4,6-7H2. The first-order valence-electron chi connectivity index (χ1n) is 6.01. The van der Waals surface area contributed by atoms with E-state index in [9.17, 15) is 8.42 Å². The van der Waals surface area contributed by atoms with E-state index in [0.717, 1.165) is 15.6 Å². The fraction of sp³-hybridized carbons (Fsp3) is 0.417. The smallest absolute Gasteiger partial charge is 0.209 e. The molecular weight excluding hydrogens is 332 g/mol. The summed E-state index contributed by atoms with van der Waals surface area (Å²) in [6.07, 6.45) is 0.661. The summed E-state index contributed by atoms with van der Waals surface area (Å²) in [4.78, 5) is 4.36. The van der Waals surface area contributed by atoms with Crippen molar-refractivity contribution in [2.24, 2.45) is 0 Å². The van der Waals surface area contributed by atoms with Gasteiger partial charge in [-0.2, -0.15) is 0 Å². The number of fused-ring (bicyclic) bond motifs is 1. The Morgan fingerprint density at radius 2 is 2.32 bits per heavy atom. The van der Waals surface area contributed by atoms with Gasteiger partial charge in [0.05, 0.1) is 18.1 Å². The minimum absolute atomic E-state index is 0.00625. The Kier molecular flexibility index (Phi) is 3.36. The number of hydrogen-bond donors (Lipinski definition) is 1. The molecule has 1 aromatic carbocycles. The van der Waals surface area contributed by atoms with Crippen LogP contribution in [0, 0.1) is 0 Å². The van der Waals surface area contributed by atoms with Crippen molar-refractivity contribution in [3.05, 3.63) is 28.6 Å². The van der Waals surface area contributed by atoms with Crippen molar-refractivity contribution in [3.63, 3.8) is 0 Å². The fourth-order valence-corrected chi connectivity index (χ4v) is 4.27. The molecule has 1 aliphatic rings. The SMILES string of the molecule is O=S1(=O)CCC(NCc2nc3cc(Br)ccc3o2)C1. The molecule has 0 amide bonds. The largest absolute Gasteiger partial charge is 0.439 e. The highest BCUT2D eigenvalue weighted by Crippen LogP contribution is 2.20. The number of aromatic nitrogens is 1. The van der Waals surface area contributed by atoms with Crippen molar-refractivity contribution in [2.45, 2.75) is 19.0 Å².